The lowest BCUT2D eigenvalue weighted by molar-refractivity contribution is -0.128. The summed E-state index contributed by atoms with van der Waals surface area (Å²) in [6.45, 7) is -0.320. The molecule has 7 nitrogen and oxygen atoms in total. The molecule has 0 saturated carbocycles. The van der Waals surface area contributed by atoms with Crippen LogP contribution in [0.1, 0.15) is 11.6 Å². The van der Waals surface area contributed by atoms with E-state index >= 15 is 0 Å². The van der Waals surface area contributed by atoms with Gasteiger partial charge in [0, 0.05) is 17.5 Å². The lowest BCUT2D eigenvalue weighted by atomic mass is 10.1. The number of hydrogen-bond acceptors (Lipinski definition) is 5. The molecule has 3 rings (SSSR count). The van der Waals surface area contributed by atoms with Crippen LogP contribution in [0.5, 0.6) is 5.75 Å². The monoisotopic (exact) mass is 352 g/mol. The second-order valence-electron chi connectivity index (χ2n) is 5.56. The molecular formula is C19H16N2O5. The van der Waals surface area contributed by atoms with Gasteiger partial charge in [-0.05, 0) is 23.8 Å². The summed E-state index contributed by atoms with van der Waals surface area (Å²) < 4.78 is 10.5. The van der Waals surface area contributed by atoms with E-state index in [-0.39, 0.29) is 6.61 Å². The third kappa shape index (κ3) is 4.07. The number of primary amides is 1. The van der Waals surface area contributed by atoms with Crippen LogP contribution in [0.25, 0.3) is 11.0 Å². The number of rotatable bonds is 6. The molecule has 2 amide bonds. The third-order valence-electron chi connectivity index (χ3n) is 3.69. The highest BCUT2D eigenvalue weighted by molar-refractivity contribution is 5.88. The van der Waals surface area contributed by atoms with Crippen LogP contribution in [0.4, 0.5) is 0 Å². The number of nitrogens with two attached hydrogens (primary N) is 1. The van der Waals surface area contributed by atoms with Gasteiger partial charge in [-0.15, -0.1) is 0 Å². The Bertz CT molecular complexity index is 997. The van der Waals surface area contributed by atoms with Gasteiger partial charge in [0.25, 0.3) is 5.91 Å². The molecule has 1 unspecified atom stereocenters. The van der Waals surface area contributed by atoms with Gasteiger partial charge < -0.3 is 20.2 Å². The van der Waals surface area contributed by atoms with Gasteiger partial charge in [-0.3, -0.25) is 9.59 Å². The minimum absolute atomic E-state index is 0.320. The van der Waals surface area contributed by atoms with Gasteiger partial charge in [0.15, 0.2) is 6.61 Å². The van der Waals surface area contributed by atoms with E-state index in [0.717, 1.165) is 5.39 Å². The highest BCUT2D eigenvalue weighted by atomic mass is 16.5. The van der Waals surface area contributed by atoms with E-state index in [1.807, 2.05) is 0 Å². The largest absolute Gasteiger partial charge is 0.484 e. The second-order valence-corrected chi connectivity index (χ2v) is 5.56. The lowest BCUT2D eigenvalue weighted by Crippen LogP contribution is -2.39. The normalized spacial score (nSPS) is 11.7. The van der Waals surface area contributed by atoms with Gasteiger partial charge in [0.2, 0.25) is 5.91 Å². The average Bonchev–Trinajstić information content (AvgIpc) is 2.64. The molecule has 3 aromatic rings. The molecule has 0 bridgehead atoms. The maximum atomic E-state index is 12.1. The molecule has 1 heterocycles. The standard InChI is InChI=1S/C19H16N2O5/c20-19(24)18(13-4-2-1-3-5-13)21-16(22)11-25-14-8-6-12-7-9-17(23)26-15(12)10-14/h1-10,18H,11H2,(H2,20,24)(H,21,22). The highest BCUT2D eigenvalue weighted by Crippen LogP contribution is 2.19. The first-order chi connectivity index (χ1) is 12.5. The number of fused-ring (bicyclic) bond motifs is 1. The molecule has 0 spiro atoms. The van der Waals surface area contributed by atoms with Gasteiger partial charge in [-0.1, -0.05) is 30.3 Å². The van der Waals surface area contributed by atoms with Gasteiger partial charge in [-0.25, -0.2) is 4.79 Å². The van der Waals surface area contributed by atoms with Crippen LogP contribution in [-0.2, 0) is 9.59 Å². The topological polar surface area (TPSA) is 112 Å². The number of hydrogen-bond donors (Lipinski definition) is 2. The zero-order valence-electron chi connectivity index (χ0n) is 13.7. The van der Waals surface area contributed by atoms with Gasteiger partial charge in [0.05, 0.1) is 0 Å². The van der Waals surface area contributed by atoms with Crippen molar-refractivity contribution in [1.29, 1.82) is 0 Å². The maximum Gasteiger partial charge on any atom is 0.336 e. The fourth-order valence-corrected chi connectivity index (χ4v) is 2.45. The quantitative estimate of drug-likeness (QED) is 0.653. The Kier molecular flexibility index (Phi) is 4.98. The van der Waals surface area contributed by atoms with E-state index in [1.165, 1.54) is 12.1 Å². The van der Waals surface area contributed by atoms with E-state index in [2.05, 4.69) is 5.32 Å². The van der Waals surface area contributed by atoms with Crippen molar-refractivity contribution < 1.29 is 18.7 Å². The minimum atomic E-state index is -0.943. The molecule has 2 aromatic carbocycles. The van der Waals surface area contributed by atoms with Crippen molar-refractivity contribution in [2.24, 2.45) is 5.73 Å². The van der Waals surface area contributed by atoms with Crippen molar-refractivity contribution in [3.05, 3.63) is 76.6 Å². The first-order valence-corrected chi connectivity index (χ1v) is 7.83. The Labute approximate surface area is 148 Å². The summed E-state index contributed by atoms with van der Waals surface area (Å²) in [7, 11) is 0. The van der Waals surface area contributed by atoms with Gasteiger partial charge in [-0.2, -0.15) is 0 Å². The van der Waals surface area contributed by atoms with Crippen LogP contribution in [0.15, 0.2) is 69.9 Å². The molecule has 0 aliphatic carbocycles. The van der Waals surface area contributed by atoms with E-state index in [1.54, 1.807) is 48.5 Å². The Hall–Kier alpha value is -3.61. The summed E-state index contributed by atoms with van der Waals surface area (Å²) in [5.41, 5.74) is 5.83. The van der Waals surface area contributed by atoms with Gasteiger partial charge >= 0.3 is 5.63 Å². The number of carbonyl (C=O) groups is 2. The van der Waals surface area contributed by atoms with Crippen molar-refractivity contribution >= 4 is 22.8 Å². The predicted molar refractivity (Wildman–Crippen MR) is 94.5 cm³/mol. The molecule has 132 valence electrons. The second kappa shape index (κ2) is 7.52. The zero-order valence-corrected chi connectivity index (χ0v) is 13.7. The van der Waals surface area contributed by atoms with E-state index < -0.39 is 23.5 Å². The lowest BCUT2D eigenvalue weighted by Gasteiger charge is -2.16. The number of amides is 2. The number of benzene rings is 2. The summed E-state index contributed by atoms with van der Waals surface area (Å²) in [5, 5.41) is 3.27. The first kappa shape index (κ1) is 17.2. The Morgan fingerprint density at radius 3 is 2.54 bits per heavy atom. The molecule has 7 heteroatoms. The molecule has 0 fully saturated rings. The Morgan fingerprint density at radius 2 is 1.81 bits per heavy atom. The van der Waals surface area contributed by atoms with Crippen molar-refractivity contribution in [3.63, 3.8) is 0 Å². The molecule has 0 aliphatic heterocycles. The summed E-state index contributed by atoms with van der Waals surface area (Å²) in [6, 6.07) is 15.6. The maximum absolute atomic E-state index is 12.1. The molecule has 0 saturated heterocycles. The molecule has 26 heavy (non-hydrogen) atoms. The Morgan fingerprint density at radius 1 is 1.08 bits per heavy atom. The summed E-state index contributed by atoms with van der Waals surface area (Å²) in [4.78, 5) is 35.0. The summed E-state index contributed by atoms with van der Waals surface area (Å²) in [6.07, 6.45) is 0. The molecule has 0 aliphatic rings. The summed E-state index contributed by atoms with van der Waals surface area (Å²) >= 11 is 0. The predicted octanol–water partition coefficient (Wildman–Crippen LogP) is 1.51. The molecule has 1 atom stereocenters. The van der Waals surface area contributed by atoms with E-state index in [0.29, 0.717) is 16.9 Å². The Balaban J connectivity index is 1.66. The third-order valence-corrected chi connectivity index (χ3v) is 3.69. The van der Waals surface area contributed by atoms with E-state index in [4.69, 9.17) is 14.9 Å². The van der Waals surface area contributed by atoms with Crippen molar-refractivity contribution in [1.82, 2.24) is 5.32 Å². The fraction of sp³-hybridized carbons (Fsp3) is 0.105. The molecule has 1 aromatic heterocycles. The van der Waals surface area contributed by atoms with Gasteiger partial charge in [0.1, 0.15) is 17.4 Å². The van der Waals surface area contributed by atoms with Crippen molar-refractivity contribution in [2.45, 2.75) is 6.04 Å². The zero-order chi connectivity index (χ0) is 18.5. The summed E-state index contributed by atoms with van der Waals surface area (Å²) in [5.74, 6) is -0.818. The molecule has 0 radical (unpaired) electrons. The van der Waals surface area contributed by atoms with Crippen LogP contribution in [0.2, 0.25) is 0 Å². The van der Waals surface area contributed by atoms with Crippen LogP contribution in [-0.4, -0.2) is 18.4 Å². The first-order valence-electron chi connectivity index (χ1n) is 7.83. The fourth-order valence-electron chi connectivity index (χ4n) is 2.45. The smallest absolute Gasteiger partial charge is 0.336 e. The van der Waals surface area contributed by atoms with Crippen molar-refractivity contribution in [3.8, 4) is 5.75 Å². The van der Waals surface area contributed by atoms with Crippen LogP contribution < -0.4 is 21.4 Å². The highest BCUT2D eigenvalue weighted by Gasteiger charge is 2.20. The SMILES string of the molecule is NC(=O)C(NC(=O)COc1ccc2ccc(=O)oc2c1)c1ccccc1. The number of nitrogens with one attached hydrogen (secondary N) is 1. The molecular weight excluding hydrogens is 336 g/mol. The number of carbonyl (C=O) groups excluding carboxylic acids is 2. The average molecular weight is 352 g/mol. The van der Waals surface area contributed by atoms with Crippen LogP contribution in [0, 0.1) is 0 Å². The molecule has 3 N–H and O–H groups in total. The van der Waals surface area contributed by atoms with Crippen LogP contribution >= 0.6 is 0 Å². The minimum Gasteiger partial charge on any atom is -0.484 e. The number of ether oxygens (including phenoxy) is 1. The van der Waals surface area contributed by atoms with Crippen LogP contribution in [0.3, 0.4) is 0 Å². The van der Waals surface area contributed by atoms with Crippen molar-refractivity contribution in [2.75, 3.05) is 6.61 Å². The van der Waals surface area contributed by atoms with E-state index in [9.17, 15) is 14.4 Å².